The molecule has 1 aromatic heterocycles. The zero-order chi connectivity index (χ0) is 14.1. The van der Waals surface area contributed by atoms with Crippen molar-refractivity contribution in [1.29, 1.82) is 0 Å². The van der Waals surface area contributed by atoms with Crippen molar-refractivity contribution in [2.24, 2.45) is 5.92 Å². The van der Waals surface area contributed by atoms with Crippen LogP contribution in [0.1, 0.15) is 31.5 Å². The summed E-state index contributed by atoms with van der Waals surface area (Å²) >= 11 is 0. The Morgan fingerprint density at radius 3 is 2.74 bits per heavy atom. The van der Waals surface area contributed by atoms with Crippen molar-refractivity contribution in [3.8, 4) is 6.01 Å². The largest absolute Gasteiger partial charge is 0.463 e. The van der Waals surface area contributed by atoms with Crippen molar-refractivity contribution < 1.29 is 9.47 Å². The number of hydrogen-bond acceptors (Lipinski definition) is 5. The summed E-state index contributed by atoms with van der Waals surface area (Å²) in [7, 11) is 1.68. The topological polar surface area (TPSA) is 56.3 Å². The highest BCUT2D eigenvalue weighted by molar-refractivity contribution is 5.17. The number of hydrogen-bond donors (Lipinski definition) is 1. The zero-order valence-corrected chi connectivity index (χ0v) is 12.4. The van der Waals surface area contributed by atoms with Gasteiger partial charge in [0.2, 0.25) is 0 Å². The third-order valence-corrected chi connectivity index (χ3v) is 2.65. The fraction of sp³-hybridized carbons (Fsp3) is 0.714. The molecule has 0 saturated carbocycles. The van der Waals surface area contributed by atoms with E-state index in [9.17, 15) is 0 Å². The molecule has 0 fully saturated rings. The molecule has 108 valence electrons. The minimum atomic E-state index is 0.446. The van der Waals surface area contributed by atoms with Gasteiger partial charge in [-0.25, -0.2) is 9.97 Å². The van der Waals surface area contributed by atoms with Gasteiger partial charge in [-0.3, -0.25) is 0 Å². The van der Waals surface area contributed by atoms with Crippen LogP contribution in [0.5, 0.6) is 6.01 Å². The highest BCUT2D eigenvalue weighted by Gasteiger charge is 2.04. The molecule has 5 heteroatoms. The molecule has 0 amide bonds. The lowest BCUT2D eigenvalue weighted by Gasteiger charge is -2.10. The molecule has 0 aliphatic heterocycles. The first-order chi connectivity index (χ1) is 9.13. The highest BCUT2D eigenvalue weighted by Crippen LogP contribution is 2.09. The van der Waals surface area contributed by atoms with E-state index in [0.29, 0.717) is 25.1 Å². The van der Waals surface area contributed by atoms with Gasteiger partial charge in [-0.05, 0) is 19.4 Å². The highest BCUT2D eigenvalue weighted by atomic mass is 16.5. The second-order valence-electron chi connectivity index (χ2n) is 4.98. The van der Waals surface area contributed by atoms with Crippen LogP contribution in [0.3, 0.4) is 0 Å². The van der Waals surface area contributed by atoms with E-state index < -0.39 is 0 Å². The van der Waals surface area contributed by atoms with Gasteiger partial charge in [0, 0.05) is 44.1 Å². The van der Waals surface area contributed by atoms with Gasteiger partial charge >= 0.3 is 6.01 Å². The summed E-state index contributed by atoms with van der Waals surface area (Å²) in [4.78, 5) is 8.58. The van der Waals surface area contributed by atoms with Crippen molar-refractivity contribution in [2.75, 3.05) is 26.9 Å². The summed E-state index contributed by atoms with van der Waals surface area (Å²) in [6.07, 6.45) is 2.68. The summed E-state index contributed by atoms with van der Waals surface area (Å²) in [5.41, 5.74) is 2.08. The number of nitrogens with zero attached hydrogens (tertiary/aromatic N) is 2. The van der Waals surface area contributed by atoms with Crippen molar-refractivity contribution in [2.45, 2.75) is 33.7 Å². The quantitative estimate of drug-likeness (QED) is 0.693. The molecule has 5 nitrogen and oxygen atoms in total. The lowest BCUT2D eigenvalue weighted by Crippen LogP contribution is -2.20. The molecular formula is C14H25N3O2. The van der Waals surface area contributed by atoms with Crippen LogP contribution in [0.4, 0.5) is 0 Å². The second kappa shape index (κ2) is 8.82. The Morgan fingerprint density at radius 2 is 2.11 bits per heavy atom. The van der Waals surface area contributed by atoms with Crippen LogP contribution in [0.2, 0.25) is 0 Å². The standard InChI is InChI=1S/C14H25N3O2/c1-11(2)8-15-9-13-10-16-14(17-12(13)3)19-7-5-6-18-4/h10-11,15H,5-9H2,1-4H3. The summed E-state index contributed by atoms with van der Waals surface area (Å²) in [6, 6.07) is 0.446. The van der Waals surface area contributed by atoms with Crippen molar-refractivity contribution in [1.82, 2.24) is 15.3 Å². The Kier molecular flexibility index (Phi) is 7.36. The number of ether oxygens (including phenoxy) is 2. The van der Waals surface area contributed by atoms with Gasteiger partial charge in [0.1, 0.15) is 0 Å². The van der Waals surface area contributed by atoms with E-state index >= 15 is 0 Å². The monoisotopic (exact) mass is 267 g/mol. The SMILES string of the molecule is COCCCOc1ncc(CNCC(C)C)c(C)n1. The zero-order valence-electron chi connectivity index (χ0n) is 12.4. The Balaban J connectivity index is 2.40. The third kappa shape index (κ3) is 6.50. The molecule has 1 heterocycles. The van der Waals surface area contributed by atoms with E-state index in [-0.39, 0.29) is 0 Å². The minimum absolute atomic E-state index is 0.446. The van der Waals surface area contributed by atoms with E-state index in [2.05, 4.69) is 29.1 Å². The van der Waals surface area contributed by atoms with Gasteiger partial charge in [0.25, 0.3) is 0 Å². The lowest BCUT2D eigenvalue weighted by molar-refractivity contribution is 0.168. The fourth-order valence-electron chi connectivity index (χ4n) is 1.58. The van der Waals surface area contributed by atoms with Crippen LogP contribution in [-0.2, 0) is 11.3 Å². The first-order valence-corrected chi connectivity index (χ1v) is 6.78. The fourth-order valence-corrected chi connectivity index (χ4v) is 1.58. The molecule has 1 rings (SSSR count). The Bertz CT molecular complexity index is 370. The van der Waals surface area contributed by atoms with Gasteiger partial charge in [0.05, 0.1) is 6.61 Å². The van der Waals surface area contributed by atoms with Crippen LogP contribution in [-0.4, -0.2) is 36.8 Å². The molecule has 0 spiro atoms. The van der Waals surface area contributed by atoms with E-state index in [1.165, 1.54) is 0 Å². The van der Waals surface area contributed by atoms with Gasteiger partial charge in [-0.15, -0.1) is 0 Å². The molecule has 0 atom stereocenters. The summed E-state index contributed by atoms with van der Waals surface area (Å²) in [5, 5.41) is 3.38. The maximum Gasteiger partial charge on any atom is 0.316 e. The average molecular weight is 267 g/mol. The van der Waals surface area contributed by atoms with Gasteiger partial charge in [-0.2, -0.15) is 0 Å². The van der Waals surface area contributed by atoms with Crippen LogP contribution < -0.4 is 10.1 Å². The second-order valence-corrected chi connectivity index (χ2v) is 4.98. The molecule has 0 saturated heterocycles. The molecular weight excluding hydrogens is 242 g/mol. The summed E-state index contributed by atoms with van der Waals surface area (Å²) in [5.74, 6) is 0.643. The molecule has 0 aromatic carbocycles. The molecule has 0 radical (unpaired) electrons. The smallest absolute Gasteiger partial charge is 0.316 e. The van der Waals surface area contributed by atoms with Gasteiger partial charge < -0.3 is 14.8 Å². The molecule has 0 bridgehead atoms. The van der Waals surface area contributed by atoms with Crippen LogP contribution in [0.25, 0.3) is 0 Å². The number of aryl methyl sites for hydroxylation is 1. The number of rotatable bonds is 9. The number of aromatic nitrogens is 2. The van der Waals surface area contributed by atoms with Crippen LogP contribution in [0.15, 0.2) is 6.20 Å². The molecule has 0 aliphatic rings. The number of nitrogens with one attached hydrogen (secondary N) is 1. The summed E-state index contributed by atoms with van der Waals surface area (Å²) < 4.78 is 10.4. The minimum Gasteiger partial charge on any atom is -0.463 e. The van der Waals surface area contributed by atoms with Crippen molar-refractivity contribution >= 4 is 0 Å². The Morgan fingerprint density at radius 1 is 1.32 bits per heavy atom. The van der Waals surface area contributed by atoms with Crippen molar-refractivity contribution in [3.63, 3.8) is 0 Å². The Labute approximate surface area is 115 Å². The Hall–Kier alpha value is -1.20. The van der Waals surface area contributed by atoms with Crippen LogP contribution in [0, 0.1) is 12.8 Å². The molecule has 0 aliphatic carbocycles. The summed E-state index contributed by atoms with van der Waals surface area (Å²) in [6.45, 7) is 9.42. The van der Waals surface area contributed by atoms with Gasteiger partial charge in [-0.1, -0.05) is 13.8 Å². The molecule has 19 heavy (non-hydrogen) atoms. The maximum absolute atomic E-state index is 5.46. The van der Waals surface area contributed by atoms with Gasteiger partial charge in [0.15, 0.2) is 0 Å². The average Bonchev–Trinajstić information content (AvgIpc) is 2.37. The van der Waals surface area contributed by atoms with E-state index in [1.54, 1.807) is 7.11 Å². The van der Waals surface area contributed by atoms with E-state index in [1.807, 2.05) is 13.1 Å². The van der Waals surface area contributed by atoms with Crippen molar-refractivity contribution in [3.05, 3.63) is 17.5 Å². The molecule has 0 unspecified atom stereocenters. The predicted molar refractivity (Wildman–Crippen MR) is 75.3 cm³/mol. The third-order valence-electron chi connectivity index (χ3n) is 2.65. The molecule has 1 aromatic rings. The first kappa shape index (κ1) is 15.9. The van der Waals surface area contributed by atoms with Crippen LogP contribution >= 0.6 is 0 Å². The lowest BCUT2D eigenvalue weighted by atomic mass is 10.2. The van der Waals surface area contributed by atoms with E-state index in [0.717, 1.165) is 30.8 Å². The normalized spacial score (nSPS) is 11.0. The maximum atomic E-state index is 5.46. The number of methoxy groups -OCH3 is 1. The molecule has 1 N–H and O–H groups in total. The predicted octanol–water partition coefficient (Wildman–Crippen LogP) is 1.95. The van der Waals surface area contributed by atoms with E-state index in [4.69, 9.17) is 9.47 Å². The first-order valence-electron chi connectivity index (χ1n) is 6.78.